The minimum absolute atomic E-state index is 0.204. The average molecular weight is 276 g/mol. The third-order valence-electron chi connectivity index (χ3n) is 4.51. The predicted molar refractivity (Wildman–Crippen MR) is 82.2 cm³/mol. The van der Waals surface area contributed by atoms with Crippen molar-refractivity contribution < 1.29 is 4.92 Å². The Morgan fingerprint density at radius 1 is 1.20 bits per heavy atom. The lowest BCUT2D eigenvalue weighted by molar-refractivity contribution is -0.385. The highest BCUT2D eigenvalue weighted by Gasteiger charge is 2.26. The van der Waals surface area contributed by atoms with Crippen LogP contribution in [0.5, 0.6) is 0 Å². The number of hydrogen-bond donors (Lipinski definition) is 1. The summed E-state index contributed by atoms with van der Waals surface area (Å²) in [5.41, 5.74) is 2.92. The molecule has 1 saturated carbocycles. The summed E-state index contributed by atoms with van der Waals surface area (Å²) in [6.45, 7) is 8.37. The highest BCUT2D eigenvalue weighted by Crippen LogP contribution is 2.33. The average Bonchev–Trinajstić information content (AvgIpc) is 2.35. The lowest BCUT2D eigenvalue weighted by atomic mass is 9.79. The van der Waals surface area contributed by atoms with Crippen molar-refractivity contribution in [3.05, 3.63) is 33.4 Å². The van der Waals surface area contributed by atoms with Gasteiger partial charge in [-0.25, -0.2) is 0 Å². The van der Waals surface area contributed by atoms with Crippen molar-refractivity contribution in [2.45, 2.75) is 53.0 Å². The van der Waals surface area contributed by atoms with E-state index in [2.05, 4.69) is 19.2 Å². The van der Waals surface area contributed by atoms with E-state index in [0.717, 1.165) is 29.2 Å². The monoisotopic (exact) mass is 276 g/mol. The molecule has 0 bridgehead atoms. The number of hydrogen-bond acceptors (Lipinski definition) is 3. The number of benzene rings is 1. The van der Waals surface area contributed by atoms with Crippen molar-refractivity contribution in [1.29, 1.82) is 0 Å². The Balaban J connectivity index is 2.21. The van der Waals surface area contributed by atoms with E-state index < -0.39 is 0 Å². The summed E-state index contributed by atoms with van der Waals surface area (Å²) in [5.74, 6) is 1.40. The van der Waals surface area contributed by atoms with Crippen LogP contribution in [0.3, 0.4) is 0 Å². The molecule has 4 heteroatoms. The molecule has 3 unspecified atom stereocenters. The summed E-state index contributed by atoms with van der Waals surface area (Å²) in [6, 6.07) is 4.01. The van der Waals surface area contributed by atoms with E-state index in [0.29, 0.717) is 12.0 Å². The molecule has 0 aromatic heterocycles. The Kier molecular flexibility index (Phi) is 4.31. The largest absolute Gasteiger partial charge is 0.382 e. The summed E-state index contributed by atoms with van der Waals surface area (Å²) in [5, 5.41) is 14.6. The number of nitrogens with zero attached hydrogens (tertiary/aromatic N) is 1. The van der Waals surface area contributed by atoms with E-state index in [1.54, 1.807) is 13.0 Å². The summed E-state index contributed by atoms with van der Waals surface area (Å²) in [4.78, 5) is 10.8. The van der Waals surface area contributed by atoms with Crippen LogP contribution < -0.4 is 5.32 Å². The van der Waals surface area contributed by atoms with Gasteiger partial charge >= 0.3 is 0 Å². The van der Waals surface area contributed by atoms with Gasteiger partial charge in [0.25, 0.3) is 5.69 Å². The standard InChI is InChI=1S/C16H24N2O2/c1-10-5-6-14(11(2)7-10)17-15-9-16(18(19)20)13(4)8-12(15)3/h8-11,14,17H,5-7H2,1-4H3. The molecule has 1 aromatic rings. The molecule has 0 saturated heterocycles. The number of nitro benzene ring substituents is 1. The lowest BCUT2D eigenvalue weighted by Crippen LogP contribution is -2.33. The molecule has 0 radical (unpaired) electrons. The molecule has 4 nitrogen and oxygen atoms in total. The molecule has 2 rings (SSSR count). The van der Waals surface area contributed by atoms with Crippen molar-refractivity contribution in [2.24, 2.45) is 11.8 Å². The molecule has 1 aliphatic carbocycles. The molecule has 20 heavy (non-hydrogen) atoms. The third-order valence-corrected chi connectivity index (χ3v) is 4.51. The first-order valence-corrected chi connectivity index (χ1v) is 7.40. The summed E-state index contributed by atoms with van der Waals surface area (Å²) >= 11 is 0. The van der Waals surface area contributed by atoms with Crippen molar-refractivity contribution >= 4 is 11.4 Å². The maximum absolute atomic E-state index is 11.1. The van der Waals surface area contributed by atoms with E-state index in [-0.39, 0.29) is 10.6 Å². The molecule has 0 amide bonds. The minimum Gasteiger partial charge on any atom is -0.382 e. The summed E-state index contributed by atoms with van der Waals surface area (Å²) < 4.78 is 0. The third kappa shape index (κ3) is 3.11. The van der Waals surface area contributed by atoms with E-state index in [1.807, 2.05) is 13.0 Å². The van der Waals surface area contributed by atoms with Crippen LogP contribution >= 0.6 is 0 Å². The van der Waals surface area contributed by atoms with Gasteiger partial charge in [-0.3, -0.25) is 10.1 Å². The molecule has 0 heterocycles. The highest BCUT2D eigenvalue weighted by atomic mass is 16.6. The Morgan fingerprint density at radius 3 is 2.50 bits per heavy atom. The molecule has 0 aliphatic heterocycles. The molecule has 1 fully saturated rings. The maximum atomic E-state index is 11.1. The van der Waals surface area contributed by atoms with Crippen molar-refractivity contribution in [3.8, 4) is 0 Å². The Morgan fingerprint density at radius 2 is 1.90 bits per heavy atom. The second-order valence-corrected chi connectivity index (χ2v) is 6.36. The fourth-order valence-corrected chi connectivity index (χ4v) is 3.27. The predicted octanol–water partition coefficient (Wildman–Crippen LogP) is 4.45. The number of nitrogens with one attached hydrogen (secondary N) is 1. The molecule has 0 spiro atoms. The Hall–Kier alpha value is -1.58. The van der Waals surface area contributed by atoms with Crippen LogP contribution in [0.4, 0.5) is 11.4 Å². The molecule has 1 N–H and O–H groups in total. The molecular formula is C16H24N2O2. The normalized spacial score (nSPS) is 26.3. The highest BCUT2D eigenvalue weighted by molar-refractivity contribution is 5.60. The Bertz CT molecular complexity index is 513. The van der Waals surface area contributed by atoms with Crippen molar-refractivity contribution in [2.75, 3.05) is 5.32 Å². The summed E-state index contributed by atoms with van der Waals surface area (Å²) in [6.07, 6.45) is 3.60. The van der Waals surface area contributed by atoms with Crippen LogP contribution in [0.15, 0.2) is 12.1 Å². The number of aryl methyl sites for hydroxylation is 2. The van der Waals surface area contributed by atoms with Gasteiger partial charge in [0.15, 0.2) is 0 Å². The van der Waals surface area contributed by atoms with Crippen LogP contribution in [-0.4, -0.2) is 11.0 Å². The lowest BCUT2D eigenvalue weighted by Gasteiger charge is -2.34. The van der Waals surface area contributed by atoms with Crippen LogP contribution in [0.1, 0.15) is 44.2 Å². The zero-order valence-corrected chi connectivity index (χ0v) is 12.8. The van der Waals surface area contributed by atoms with Crippen molar-refractivity contribution in [1.82, 2.24) is 0 Å². The van der Waals surface area contributed by atoms with Gasteiger partial charge in [-0.2, -0.15) is 0 Å². The van der Waals surface area contributed by atoms with Crippen LogP contribution in [0.25, 0.3) is 0 Å². The van der Waals surface area contributed by atoms with Gasteiger partial charge in [-0.15, -0.1) is 0 Å². The quantitative estimate of drug-likeness (QED) is 0.655. The summed E-state index contributed by atoms with van der Waals surface area (Å²) in [7, 11) is 0. The zero-order chi connectivity index (χ0) is 14.9. The smallest absolute Gasteiger partial charge is 0.274 e. The van der Waals surface area contributed by atoms with Gasteiger partial charge < -0.3 is 5.32 Å². The van der Waals surface area contributed by atoms with Gasteiger partial charge in [-0.1, -0.05) is 13.8 Å². The maximum Gasteiger partial charge on any atom is 0.274 e. The first-order chi connectivity index (χ1) is 9.38. The molecular weight excluding hydrogens is 252 g/mol. The zero-order valence-electron chi connectivity index (χ0n) is 12.8. The first kappa shape index (κ1) is 14.8. The van der Waals surface area contributed by atoms with Crippen molar-refractivity contribution in [3.63, 3.8) is 0 Å². The SMILES string of the molecule is Cc1cc(C)c([N+](=O)[O-])cc1NC1CCC(C)CC1C. The van der Waals surface area contributed by atoms with E-state index in [4.69, 9.17) is 0 Å². The number of nitro groups is 1. The van der Waals surface area contributed by atoms with E-state index in [9.17, 15) is 10.1 Å². The first-order valence-electron chi connectivity index (χ1n) is 7.40. The topological polar surface area (TPSA) is 55.2 Å². The van der Waals surface area contributed by atoms with Gasteiger partial charge in [0.2, 0.25) is 0 Å². The van der Waals surface area contributed by atoms with Gasteiger partial charge in [0.1, 0.15) is 0 Å². The molecule has 3 atom stereocenters. The van der Waals surface area contributed by atoms with E-state index in [1.165, 1.54) is 12.8 Å². The van der Waals surface area contributed by atoms with Crippen LogP contribution in [0.2, 0.25) is 0 Å². The number of rotatable bonds is 3. The Labute approximate surface area is 120 Å². The van der Waals surface area contributed by atoms with Gasteiger partial charge in [0, 0.05) is 23.4 Å². The fourth-order valence-electron chi connectivity index (χ4n) is 3.27. The second kappa shape index (κ2) is 5.81. The molecule has 1 aliphatic rings. The number of anilines is 1. The fraction of sp³-hybridized carbons (Fsp3) is 0.625. The second-order valence-electron chi connectivity index (χ2n) is 6.36. The van der Waals surface area contributed by atoms with E-state index >= 15 is 0 Å². The molecule has 110 valence electrons. The molecule has 1 aromatic carbocycles. The van der Waals surface area contributed by atoms with Gasteiger partial charge in [-0.05, 0) is 56.6 Å². The minimum atomic E-state index is -0.299. The van der Waals surface area contributed by atoms with Gasteiger partial charge in [0.05, 0.1) is 4.92 Å². The van der Waals surface area contributed by atoms with Crippen LogP contribution in [-0.2, 0) is 0 Å². The van der Waals surface area contributed by atoms with Crippen LogP contribution in [0, 0.1) is 35.8 Å².